The van der Waals surface area contributed by atoms with Crippen LogP contribution in [0.2, 0.25) is 5.02 Å². The zero-order chi connectivity index (χ0) is 15.9. The summed E-state index contributed by atoms with van der Waals surface area (Å²) in [6.07, 6.45) is 1.59. The fourth-order valence-corrected chi connectivity index (χ4v) is 2.88. The van der Waals surface area contributed by atoms with E-state index in [1.54, 1.807) is 0 Å². The van der Waals surface area contributed by atoms with E-state index in [2.05, 4.69) is 29.1 Å². The minimum absolute atomic E-state index is 0.305. The zero-order valence-electron chi connectivity index (χ0n) is 13.3. The largest absolute Gasteiger partial charge is 0.373 e. The van der Waals surface area contributed by atoms with Crippen molar-refractivity contribution in [3.8, 4) is 0 Å². The van der Waals surface area contributed by atoms with Crippen molar-refractivity contribution in [3.05, 3.63) is 29.3 Å². The van der Waals surface area contributed by atoms with Crippen LogP contribution in [0.15, 0.2) is 29.3 Å². The highest BCUT2D eigenvalue weighted by Crippen LogP contribution is 2.19. The van der Waals surface area contributed by atoms with Gasteiger partial charge in [-0.2, -0.15) is 0 Å². The third-order valence-corrected chi connectivity index (χ3v) is 3.88. The Hall–Kier alpha value is -1.30. The SMILES string of the molecule is C[C@@H]1CN(CCCN=C(N)Nc2ccccc2Cl)C[C@H](C)O1. The average Bonchev–Trinajstić information content (AvgIpc) is 2.45. The van der Waals surface area contributed by atoms with Gasteiger partial charge in [0.25, 0.3) is 0 Å². The zero-order valence-corrected chi connectivity index (χ0v) is 14.0. The second kappa shape index (κ2) is 8.36. The standard InChI is InChI=1S/C16H25ClN4O/c1-12-10-21(11-13(2)22-12)9-5-8-19-16(18)20-15-7-4-3-6-14(15)17/h3-4,6-7,12-13H,5,8-11H2,1-2H3,(H3,18,19,20)/t12-,13+. The van der Waals surface area contributed by atoms with Crippen LogP contribution in [0.4, 0.5) is 5.69 Å². The molecule has 22 heavy (non-hydrogen) atoms. The first kappa shape index (κ1) is 17.1. The normalized spacial score (nSPS) is 23.5. The van der Waals surface area contributed by atoms with Crippen LogP contribution in [-0.4, -0.2) is 49.2 Å². The van der Waals surface area contributed by atoms with E-state index in [1.807, 2.05) is 24.3 Å². The average molecular weight is 325 g/mol. The van der Waals surface area contributed by atoms with Gasteiger partial charge in [0.2, 0.25) is 0 Å². The molecule has 5 nitrogen and oxygen atoms in total. The van der Waals surface area contributed by atoms with Crippen molar-refractivity contribution in [2.24, 2.45) is 10.7 Å². The molecule has 0 bridgehead atoms. The number of hydrogen-bond acceptors (Lipinski definition) is 3. The van der Waals surface area contributed by atoms with Crippen LogP contribution in [0.25, 0.3) is 0 Å². The lowest BCUT2D eigenvalue weighted by molar-refractivity contribution is -0.0679. The molecule has 0 aliphatic carbocycles. The van der Waals surface area contributed by atoms with Crippen LogP contribution >= 0.6 is 11.6 Å². The molecule has 3 N–H and O–H groups in total. The summed E-state index contributed by atoms with van der Waals surface area (Å²) in [5, 5.41) is 3.66. The molecule has 122 valence electrons. The number of ether oxygens (including phenoxy) is 1. The molecule has 0 amide bonds. The summed E-state index contributed by atoms with van der Waals surface area (Å²) in [6.45, 7) is 7.92. The van der Waals surface area contributed by atoms with E-state index in [1.165, 1.54) is 0 Å². The fourth-order valence-electron chi connectivity index (χ4n) is 2.70. The van der Waals surface area contributed by atoms with Crippen LogP contribution in [0, 0.1) is 0 Å². The lowest BCUT2D eigenvalue weighted by atomic mass is 10.2. The highest BCUT2D eigenvalue weighted by atomic mass is 35.5. The smallest absolute Gasteiger partial charge is 0.193 e. The molecule has 0 spiro atoms. The van der Waals surface area contributed by atoms with Gasteiger partial charge < -0.3 is 15.8 Å². The van der Waals surface area contributed by atoms with Crippen LogP contribution < -0.4 is 11.1 Å². The number of nitrogens with one attached hydrogen (secondary N) is 1. The Labute approximate surface area is 137 Å². The molecule has 1 aromatic carbocycles. The van der Waals surface area contributed by atoms with Gasteiger partial charge in [-0.25, -0.2) is 0 Å². The molecule has 1 aromatic rings. The summed E-state index contributed by atoms with van der Waals surface area (Å²) in [5.74, 6) is 0.400. The maximum atomic E-state index is 6.07. The molecule has 0 aromatic heterocycles. The Morgan fingerprint density at radius 1 is 1.36 bits per heavy atom. The number of rotatable bonds is 5. The van der Waals surface area contributed by atoms with Gasteiger partial charge in [0.15, 0.2) is 5.96 Å². The van der Waals surface area contributed by atoms with Crippen LogP contribution in [0.5, 0.6) is 0 Å². The van der Waals surface area contributed by atoms with E-state index < -0.39 is 0 Å². The monoisotopic (exact) mass is 324 g/mol. The Balaban J connectivity index is 1.72. The molecule has 0 unspecified atom stereocenters. The number of nitrogens with zero attached hydrogens (tertiary/aromatic N) is 2. The number of morpholine rings is 1. The van der Waals surface area contributed by atoms with Crippen LogP contribution in [0.1, 0.15) is 20.3 Å². The highest BCUT2D eigenvalue weighted by Gasteiger charge is 2.21. The van der Waals surface area contributed by atoms with Crippen molar-refractivity contribution in [1.82, 2.24) is 4.90 Å². The van der Waals surface area contributed by atoms with Crippen molar-refractivity contribution in [1.29, 1.82) is 0 Å². The number of guanidine groups is 1. The maximum Gasteiger partial charge on any atom is 0.193 e. The number of halogens is 1. The number of para-hydroxylation sites is 1. The van der Waals surface area contributed by atoms with E-state index in [0.717, 1.165) is 31.7 Å². The van der Waals surface area contributed by atoms with E-state index in [9.17, 15) is 0 Å². The minimum Gasteiger partial charge on any atom is -0.373 e. The quantitative estimate of drug-likeness (QED) is 0.496. The van der Waals surface area contributed by atoms with Gasteiger partial charge in [0.05, 0.1) is 22.9 Å². The molecule has 0 saturated carbocycles. The molecule has 1 aliphatic heterocycles. The van der Waals surface area contributed by atoms with Crippen molar-refractivity contribution in [2.45, 2.75) is 32.5 Å². The van der Waals surface area contributed by atoms with Gasteiger partial charge >= 0.3 is 0 Å². The molecule has 0 radical (unpaired) electrons. The Morgan fingerprint density at radius 2 is 2.05 bits per heavy atom. The van der Waals surface area contributed by atoms with E-state index in [4.69, 9.17) is 22.1 Å². The lowest BCUT2D eigenvalue weighted by Gasteiger charge is -2.35. The van der Waals surface area contributed by atoms with E-state index in [-0.39, 0.29) is 0 Å². The number of benzene rings is 1. The number of anilines is 1. The third-order valence-electron chi connectivity index (χ3n) is 3.55. The second-order valence-electron chi connectivity index (χ2n) is 5.74. The summed E-state index contributed by atoms with van der Waals surface area (Å²) in [4.78, 5) is 6.77. The summed E-state index contributed by atoms with van der Waals surface area (Å²) < 4.78 is 5.73. The Kier molecular flexibility index (Phi) is 6.49. The summed E-state index contributed by atoms with van der Waals surface area (Å²) in [7, 11) is 0. The summed E-state index contributed by atoms with van der Waals surface area (Å²) in [5.41, 5.74) is 6.66. The van der Waals surface area contributed by atoms with Gasteiger partial charge in [-0.1, -0.05) is 23.7 Å². The molecular formula is C16H25ClN4O. The van der Waals surface area contributed by atoms with Crippen LogP contribution in [-0.2, 0) is 4.74 Å². The summed E-state index contributed by atoms with van der Waals surface area (Å²) in [6, 6.07) is 7.48. The van der Waals surface area contributed by atoms with Gasteiger partial charge in [0.1, 0.15) is 0 Å². The number of aliphatic imine (C=N–C) groups is 1. The predicted molar refractivity (Wildman–Crippen MR) is 92.6 cm³/mol. The van der Waals surface area contributed by atoms with Gasteiger partial charge in [-0.05, 0) is 32.4 Å². The minimum atomic E-state index is 0.305. The molecule has 2 rings (SSSR count). The van der Waals surface area contributed by atoms with Gasteiger partial charge in [-0.15, -0.1) is 0 Å². The van der Waals surface area contributed by atoms with Gasteiger partial charge in [-0.3, -0.25) is 9.89 Å². The van der Waals surface area contributed by atoms with E-state index >= 15 is 0 Å². The molecule has 1 fully saturated rings. The van der Waals surface area contributed by atoms with Crippen molar-refractivity contribution >= 4 is 23.2 Å². The third kappa shape index (κ3) is 5.48. The van der Waals surface area contributed by atoms with E-state index in [0.29, 0.717) is 29.7 Å². The highest BCUT2D eigenvalue weighted by molar-refractivity contribution is 6.33. The maximum absolute atomic E-state index is 6.07. The molecule has 1 aliphatic rings. The molecule has 6 heteroatoms. The van der Waals surface area contributed by atoms with Crippen LogP contribution in [0.3, 0.4) is 0 Å². The summed E-state index contributed by atoms with van der Waals surface area (Å²) >= 11 is 6.07. The first-order chi connectivity index (χ1) is 10.5. The lowest BCUT2D eigenvalue weighted by Crippen LogP contribution is -2.45. The van der Waals surface area contributed by atoms with Crippen molar-refractivity contribution in [2.75, 3.05) is 31.5 Å². The number of nitrogens with two attached hydrogens (primary N) is 1. The predicted octanol–water partition coefficient (Wildman–Crippen LogP) is 2.57. The fraction of sp³-hybridized carbons (Fsp3) is 0.562. The first-order valence-electron chi connectivity index (χ1n) is 7.74. The molecule has 1 saturated heterocycles. The molecule has 2 atom stereocenters. The Bertz CT molecular complexity index is 499. The van der Waals surface area contributed by atoms with Gasteiger partial charge in [0, 0.05) is 26.2 Å². The number of hydrogen-bond donors (Lipinski definition) is 2. The van der Waals surface area contributed by atoms with Crippen molar-refractivity contribution in [3.63, 3.8) is 0 Å². The topological polar surface area (TPSA) is 62.9 Å². The molecular weight excluding hydrogens is 300 g/mol. The second-order valence-corrected chi connectivity index (χ2v) is 6.15. The first-order valence-corrected chi connectivity index (χ1v) is 8.11. The molecule has 1 heterocycles. The van der Waals surface area contributed by atoms with Crippen molar-refractivity contribution < 1.29 is 4.74 Å². The Morgan fingerprint density at radius 3 is 2.73 bits per heavy atom.